The Morgan fingerprint density at radius 1 is 1.33 bits per heavy atom. The topological polar surface area (TPSA) is 24.1 Å². The zero-order valence-corrected chi connectivity index (χ0v) is 11.1. The van der Waals surface area contributed by atoms with E-state index in [-0.39, 0.29) is 5.41 Å². The minimum Gasteiger partial charge on any atom is -0.318 e. The zero-order valence-electron chi connectivity index (χ0n) is 9.56. The summed E-state index contributed by atoms with van der Waals surface area (Å²) >= 11 is 7.61. The molecule has 0 aliphatic heterocycles. The van der Waals surface area contributed by atoms with Gasteiger partial charge in [-0.05, 0) is 19.2 Å². The van der Waals surface area contributed by atoms with Crippen molar-refractivity contribution in [2.24, 2.45) is 0 Å². The molecule has 0 saturated carbocycles. The summed E-state index contributed by atoms with van der Waals surface area (Å²) in [5.41, 5.74) is 0.158. The van der Waals surface area contributed by atoms with Crippen LogP contribution >= 0.6 is 22.9 Å². The van der Waals surface area contributed by atoms with Crippen LogP contribution in [0.1, 0.15) is 18.7 Å². The van der Waals surface area contributed by atoms with Gasteiger partial charge in [0.05, 0.1) is 4.34 Å². The molecule has 0 amide bonds. The van der Waals surface area contributed by atoms with Gasteiger partial charge in [0.25, 0.3) is 0 Å². The van der Waals surface area contributed by atoms with Crippen LogP contribution in [-0.2, 0) is 5.41 Å². The lowest BCUT2D eigenvalue weighted by Gasteiger charge is -2.23. The van der Waals surface area contributed by atoms with Gasteiger partial charge in [-0.25, -0.2) is 0 Å². The Kier molecular flexibility index (Phi) is 5.06. The fourth-order valence-corrected chi connectivity index (χ4v) is 2.52. The van der Waals surface area contributed by atoms with E-state index in [4.69, 9.17) is 11.6 Å². The average molecular weight is 247 g/mol. The Morgan fingerprint density at radius 3 is 2.60 bits per heavy atom. The van der Waals surface area contributed by atoms with Crippen LogP contribution in [0.25, 0.3) is 0 Å². The molecule has 2 nitrogen and oxygen atoms in total. The van der Waals surface area contributed by atoms with Crippen molar-refractivity contribution in [2.45, 2.75) is 19.3 Å². The number of nitrogens with one attached hydrogen (secondary N) is 2. The fourth-order valence-electron chi connectivity index (χ4n) is 1.38. The van der Waals surface area contributed by atoms with Crippen LogP contribution in [0.15, 0.2) is 12.1 Å². The van der Waals surface area contributed by atoms with Gasteiger partial charge in [-0.15, -0.1) is 11.3 Å². The highest BCUT2D eigenvalue weighted by atomic mass is 35.5. The third-order valence-electron chi connectivity index (χ3n) is 2.36. The Hall–Kier alpha value is -0.0900. The van der Waals surface area contributed by atoms with Gasteiger partial charge in [0.2, 0.25) is 0 Å². The maximum atomic E-state index is 5.94. The summed E-state index contributed by atoms with van der Waals surface area (Å²) in [6.07, 6.45) is 0. The lowest BCUT2D eigenvalue weighted by Crippen LogP contribution is -2.35. The highest BCUT2D eigenvalue weighted by molar-refractivity contribution is 7.16. The number of likely N-dealkylation sites (N-methyl/N-ethyl adjacent to an activating group) is 1. The first-order valence-electron chi connectivity index (χ1n) is 5.17. The van der Waals surface area contributed by atoms with Crippen LogP contribution < -0.4 is 10.6 Å². The van der Waals surface area contributed by atoms with Gasteiger partial charge in [0.1, 0.15) is 0 Å². The highest BCUT2D eigenvalue weighted by Crippen LogP contribution is 2.31. The van der Waals surface area contributed by atoms with E-state index in [2.05, 4.69) is 30.5 Å². The van der Waals surface area contributed by atoms with E-state index in [1.807, 2.05) is 13.1 Å². The molecule has 0 aliphatic carbocycles. The summed E-state index contributed by atoms with van der Waals surface area (Å²) in [5, 5.41) is 6.55. The van der Waals surface area contributed by atoms with Crippen LogP contribution in [0.4, 0.5) is 0 Å². The summed E-state index contributed by atoms with van der Waals surface area (Å²) in [6, 6.07) is 4.09. The predicted octanol–water partition coefficient (Wildman–Crippen LogP) is 2.49. The first kappa shape index (κ1) is 13.0. The molecule has 0 spiro atoms. The molecule has 0 fully saturated rings. The second-order valence-electron chi connectivity index (χ2n) is 4.27. The normalized spacial score (nSPS) is 12.0. The van der Waals surface area contributed by atoms with Crippen LogP contribution in [0, 0.1) is 0 Å². The van der Waals surface area contributed by atoms with Crippen LogP contribution in [-0.4, -0.2) is 26.7 Å². The molecule has 0 saturated heterocycles. The smallest absolute Gasteiger partial charge is 0.0931 e. The van der Waals surface area contributed by atoms with Gasteiger partial charge in [-0.2, -0.15) is 0 Å². The van der Waals surface area contributed by atoms with Crippen molar-refractivity contribution in [2.75, 3.05) is 26.7 Å². The van der Waals surface area contributed by atoms with Crippen molar-refractivity contribution in [3.05, 3.63) is 21.3 Å². The minimum atomic E-state index is 0.158. The van der Waals surface area contributed by atoms with Crippen molar-refractivity contribution in [3.8, 4) is 0 Å². The summed E-state index contributed by atoms with van der Waals surface area (Å²) in [6.45, 7) is 7.45. The number of rotatable bonds is 6. The monoisotopic (exact) mass is 246 g/mol. The fraction of sp³-hybridized carbons (Fsp3) is 0.636. The molecule has 1 aromatic heterocycles. The van der Waals surface area contributed by atoms with Crippen molar-refractivity contribution < 1.29 is 0 Å². The maximum Gasteiger partial charge on any atom is 0.0931 e. The molecule has 1 heterocycles. The molecule has 1 aromatic rings. The van der Waals surface area contributed by atoms with Gasteiger partial charge < -0.3 is 10.6 Å². The van der Waals surface area contributed by atoms with E-state index in [1.54, 1.807) is 11.3 Å². The van der Waals surface area contributed by atoms with E-state index in [9.17, 15) is 0 Å². The van der Waals surface area contributed by atoms with Crippen molar-refractivity contribution in [3.63, 3.8) is 0 Å². The SMILES string of the molecule is CNCCNCC(C)(C)c1ccc(Cl)s1. The molecule has 86 valence electrons. The number of thiophene rings is 1. The summed E-state index contributed by atoms with van der Waals surface area (Å²) < 4.78 is 0.869. The number of hydrogen-bond acceptors (Lipinski definition) is 3. The van der Waals surface area contributed by atoms with Gasteiger partial charge in [0.15, 0.2) is 0 Å². The molecular weight excluding hydrogens is 228 g/mol. The number of hydrogen-bond donors (Lipinski definition) is 2. The Labute approximate surface area is 101 Å². The molecule has 15 heavy (non-hydrogen) atoms. The van der Waals surface area contributed by atoms with E-state index < -0.39 is 0 Å². The van der Waals surface area contributed by atoms with Gasteiger partial charge in [-0.1, -0.05) is 25.4 Å². The second-order valence-corrected chi connectivity index (χ2v) is 5.98. The molecule has 0 radical (unpaired) electrons. The van der Waals surface area contributed by atoms with Crippen molar-refractivity contribution in [1.29, 1.82) is 0 Å². The van der Waals surface area contributed by atoms with Gasteiger partial charge in [0, 0.05) is 29.9 Å². The highest BCUT2D eigenvalue weighted by Gasteiger charge is 2.21. The third kappa shape index (κ3) is 4.11. The van der Waals surface area contributed by atoms with Crippen LogP contribution in [0.2, 0.25) is 4.34 Å². The van der Waals surface area contributed by atoms with Gasteiger partial charge >= 0.3 is 0 Å². The average Bonchev–Trinajstić information content (AvgIpc) is 2.60. The molecule has 0 aliphatic rings. The Bertz CT molecular complexity index is 297. The van der Waals surface area contributed by atoms with E-state index in [0.717, 1.165) is 24.0 Å². The van der Waals surface area contributed by atoms with E-state index in [0.29, 0.717) is 0 Å². The van der Waals surface area contributed by atoms with Crippen molar-refractivity contribution in [1.82, 2.24) is 10.6 Å². The molecule has 1 rings (SSSR count). The Morgan fingerprint density at radius 2 is 2.07 bits per heavy atom. The second kappa shape index (κ2) is 5.85. The van der Waals surface area contributed by atoms with E-state index in [1.165, 1.54) is 4.88 Å². The minimum absolute atomic E-state index is 0.158. The lowest BCUT2D eigenvalue weighted by atomic mass is 9.91. The summed E-state index contributed by atoms with van der Waals surface area (Å²) in [4.78, 5) is 1.34. The first-order chi connectivity index (χ1) is 7.06. The number of halogens is 1. The molecule has 0 atom stereocenters. The van der Waals surface area contributed by atoms with Crippen LogP contribution in [0.5, 0.6) is 0 Å². The molecule has 0 unspecified atom stereocenters. The Balaban J connectivity index is 2.44. The predicted molar refractivity (Wildman–Crippen MR) is 69.2 cm³/mol. The standard InChI is InChI=1S/C11H19ClN2S/c1-11(2,8-14-7-6-13-3)9-4-5-10(12)15-9/h4-5,13-14H,6-8H2,1-3H3. The van der Waals surface area contributed by atoms with E-state index >= 15 is 0 Å². The quantitative estimate of drug-likeness (QED) is 0.754. The van der Waals surface area contributed by atoms with Crippen molar-refractivity contribution >= 4 is 22.9 Å². The molecular formula is C11H19ClN2S. The third-order valence-corrected chi connectivity index (χ3v) is 3.96. The summed E-state index contributed by atoms with van der Waals surface area (Å²) in [7, 11) is 1.96. The maximum absolute atomic E-state index is 5.94. The van der Waals surface area contributed by atoms with Gasteiger partial charge in [-0.3, -0.25) is 0 Å². The molecule has 0 bridgehead atoms. The lowest BCUT2D eigenvalue weighted by molar-refractivity contribution is 0.476. The largest absolute Gasteiger partial charge is 0.318 e. The first-order valence-corrected chi connectivity index (χ1v) is 6.37. The zero-order chi connectivity index (χ0) is 11.3. The molecule has 4 heteroatoms. The molecule has 0 aromatic carbocycles. The molecule has 2 N–H and O–H groups in total. The van der Waals surface area contributed by atoms with Crippen LogP contribution in [0.3, 0.4) is 0 Å². The summed E-state index contributed by atoms with van der Waals surface area (Å²) in [5.74, 6) is 0.